The summed E-state index contributed by atoms with van der Waals surface area (Å²) in [7, 11) is 0. The van der Waals surface area contributed by atoms with Gasteiger partial charge in [0.2, 0.25) is 0 Å². The minimum absolute atomic E-state index is 0.167. The van der Waals surface area contributed by atoms with Gasteiger partial charge in [0.15, 0.2) is 5.78 Å². The highest BCUT2D eigenvalue weighted by Gasteiger charge is 2.32. The lowest BCUT2D eigenvalue weighted by Gasteiger charge is -2.26. The molecule has 0 saturated heterocycles. The molecule has 2 aliphatic rings. The van der Waals surface area contributed by atoms with E-state index in [0.717, 1.165) is 41.1 Å². The minimum Gasteiger partial charge on any atom is -0.372 e. The summed E-state index contributed by atoms with van der Waals surface area (Å²) in [6.07, 6.45) is 2.30. The van der Waals surface area contributed by atoms with Gasteiger partial charge in [-0.2, -0.15) is 0 Å². The Kier molecular flexibility index (Phi) is 3.99. The largest absolute Gasteiger partial charge is 0.372 e. The molecule has 1 aliphatic heterocycles. The van der Waals surface area contributed by atoms with Crippen LogP contribution in [0.3, 0.4) is 0 Å². The predicted octanol–water partition coefficient (Wildman–Crippen LogP) is 5.58. The van der Waals surface area contributed by atoms with Gasteiger partial charge in [0, 0.05) is 27.7 Å². The topological polar surface area (TPSA) is 41.1 Å². The summed E-state index contributed by atoms with van der Waals surface area (Å²) in [6.45, 7) is 0. The molecule has 1 heterocycles. The number of para-hydroxylation sites is 2. The zero-order chi connectivity index (χ0) is 16.7. The quantitative estimate of drug-likeness (QED) is 0.698. The molecule has 1 unspecified atom stereocenters. The molecule has 0 amide bonds. The Hall–Kier alpha value is -1.97. The van der Waals surface area contributed by atoms with Gasteiger partial charge in [-0.25, -0.2) is 0 Å². The minimum atomic E-state index is -0.284. The van der Waals surface area contributed by atoms with Gasteiger partial charge in [0.1, 0.15) is 0 Å². The number of anilines is 2. The van der Waals surface area contributed by atoms with E-state index >= 15 is 0 Å². The van der Waals surface area contributed by atoms with Gasteiger partial charge in [0.05, 0.1) is 17.4 Å². The van der Waals surface area contributed by atoms with Crippen molar-refractivity contribution >= 4 is 40.4 Å². The summed E-state index contributed by atoms with van der Waals surface area (Å²) in [4.78, 5) is 12.7. The smallest absolute Gasteiger partial charge is 0.163 e. The van der Waals surface area contributed by atoms with Gasteiger partial charge in [-0.1, -0.05) is 41.4 Å². The number of hydrogen-bond acceptors (Lipinski definition) is 3. The molecule has 122 valence electrons. The van der Waals surface area contributed by atoms with Crippen LogP contribution >= 0.6 is 23.2 Å². The Labute approximate surface area is 150 Å². The zero-order valence-electron chi connectivity index (χ0n) is 12.9. The third-order valence-corrected chi connectivity index (χ3v) is 5.09. The second kappa shape index (κ2) is 6.15. The Balaban J connectivity index is 1.90. The van der Waals surface area contributed by atoms with Crippen molar-refractivity contribution in [3.63, 3.8) is 0 Å². The number of carbonyl (C=O) groups is 1. The van der Waals surface area contributed by atoms with Crippen LogP contribution < -0.4 is 10.6 Å². The van der Waals surface area contributed by atoms with Crippen molar-refractivity contribution in [2.45, 2.75) is 25.3 Å². The van der Waals surface area contributed by atoms with E-state index in [9.17, 15) is 4.79 Å². The van der Waals surface area contributed by atoms with Crippen LogP contribution in [-0.4, -0.2) is 5.78 Å². The standard InChI is InChI=1S/C19H16Cl2N2O/c20-11-8-9-12(13(21)10-11)19-18-16(6-3-7-17(18)24)22-14-4-1-2-5-15(14)23-19/h1-2,4-5,8-10,19,22-23H,3,6-7H2. The SMILES string of the molecule is O=C1CCCC2=C1C(c1ccc(Cl)cc1Cl)Nc1ccccc1N2. The number of Topliss-reactive ketones (excluding diaryl/α,β-unsaturated/α-hetero) is 1. The van der Waals surface area contributed by atoms with Crippen LogP contribution in [0.15, 0.2) is 53.7 Å². The normalized spacial score (nSPS) is 19.8. The fourth-order valence-electron chi connectivity index (χ4n) is 3.41. The lowest BCUT2D eigenvalue weighted by Crippen LogP contribution is -2.23. The molecule has 0 aromatic heterocycles. The second-order valence-electron chi connectivity index (χ2n) is 6.08. The highest BCUT2D eigenvalue weighted by molar-refractivity contribution is 6.35. The van der Waals surface area contributed by atoms with Gasteiger partial charge in [-0.05, 0) is 42.7 Å². The molecular weight excluding hydrogens is 343 g/mol. The van der Waals surface area contributed by atoms with Gasteiger partial charge in [0.25, 0.3) is 0 Å². The first-order valence-corrected chi connectivity index (χ1v) is 8.73. The van der Waals surface area contributed by atoms with Gasteiger partial charge < -0.3 is 10.6 Å². The number of fused-ring (bicyclic) bond motifs is 1. The number of allylic oxidation sites excluding steroid dienone is 1. The molecule has 24 heavy (non-hydrogen) atoms. The molecule has 2 N–H and O–H groups in total. The molecule has 0 radical (unpaired) electrons. The Morgan fingerprint density at radius 1 is 1.00 bits per heavy atom. The van der Waals surface area contributed by atoms with Crippen LogP contribution in [0.4, 0.5) is 11.4 Å². The Morgan fingerprint density at radius 2 is 1.79 bits per heavy atom. The molecule has 1 atom stereocenters. The molecule has 0 bridgehead atoms. The molecule has 5 heteroatoms. The van der Waals surface area contributed by atoms with Gasteiger partial charge >= 0.3 is 0 Å². The number of hydrogen-bond donors (Lipinski definition) is 2. The van der Waals surface area contributed by atoms with Crippen LogP contribution in [0.2, 0.25) is 10.0 Å². The van der Waals surface area contributed by atoms with Crippen molar-refractivity contribution in [1.82, 2.24) is 0 Å². The third-order valence-electron chi connectivity index (χ3n) is 4.53. The first-order chi connectivity index (χ1) is 11.6. The van der Waals surface area contributed by atoms with Crippen LogP contribution in [0, 0.1) is 0 Å². The van der Waals surface area contributed by atoms with E-state index < -0.39 is 0 Å². The monoisotopic (exact) mass is 358 g/mol. The average molecular weight is 359 g/mol. The van der Waals surface area contributed by atoms with Crippen molar-refractivity contribution in [1.29, 1.82) is 0 Å². The van der Waals surface area contributed by atoms with Gasteiger partial charge in [-0.3, -0.25) is 4.79 Å². The zero-order valence-corrected chi connectivity index (χ0v) is 14.4. The van der Waals surface area contributed by atoms with Crippen molar-refractivity contribution < 1.29 is 4.79 Å². The molecule has 3 nitrogen and oxygen atoms in total. The lowest BCUT2D eigenvalue weighted by atomic mass is 9.86. The Morgan fingerprint density at radius 3 is 2.58 bits per heavy atom. The Bertz CT molecular complexity index is 860. The van der Waals surface area contributed by atoms with E-state index in [1.807, 2.05) is 36.4 Å². The number of benzene rings is 2. The first kappa shape index (κ1) is 15.6. The van der Waals surface area contributed by atoms with Crippen LogP contribution in [-0.2, 0) is 4.79 Å². The molecule has 0 fully saturated rings. The fourth-order valence-corrected chi connectivity index (χ4v) is 3.92. The fraction of sp³-hybridized carbons (Fsp3) is 0.211. The summed E-state index contributed by atoms with van der Waals surface area (Å²) in [5.74, 6) is 0.167. The summed E-state index contributed by atoms with van der Waals surface area (Å²) < 4.78 is 0. The highest BCUT2D eigenvalue weighted by atomic mass is 35.5. The van der Waals surface area contributed by atoms with Crippen LogP contribution in [0.1, 0.15) is 30.9 Å². The van der Waals surface area contributed by atoms with Crippen molar-refractivity contribution in [3.8, 4) is 0 Å². The molecule has 2 aromatic carbocycles. The number of carbonyl (C=O) groups excluding carboxylic acids is 1. The van der Waals surface area contributed by atoms with Gasteiger partial charge in [-0.15, -0.1) is 0 Å². The maximum absolute atomic E-state index is 12.7. The molecular formula is C19H16Cl2N2O. The van der Waals surface area contributed by atoms with E-state index in [2.05, 4.69) is 10.6 Å². The number of halogens is 2. The van der Waals surface area contributed by atoms with E-state index in [1.165, 1.54) is 0 Å². The van der Waals surface area contributed by atoms with E-state index in [0.29, 0.717) is 16.5 Å². The summed E-state index contributed by atoms with van der Waals surface area (Å²) in [6, 6.07) is 13.1. The molecule has 4 rings (SSSR count). The highest BCUT2D eigenvalue weighted by Crippen LogP contribution is 2.42. The van der Waals surface area contributed by atoms with E-state index in [1.54, 1.807) is 6.07 Å². The van der Waals surface area contributed by atoms with Crippen molar-refractivity contribution in [2.24, 2.45) is 0 Å². The number of nitrogens with one attached hydrogen (secondary N) is 2. The molecule has 0 saturated carbocycles. The molecule has 0 spiro atoms. The number of rotatable bonds is 1. The predicted molar refractivity (Wildman–Crippen MR) is 98.8 cm³/mol. The van der Waals surface area contributed by atoms with Crippen molar-refractivity contribution in [3.05, 3.63) is 69.3 Å². The number of ketones is 1. The molecule has 2 aromatic rings. The maximum Gasteiger partial charge on any atom is 0.163 e. The third kappa shape index (κ3) is 2.68. The average Bonchev–Trinajstić information content (AvgIpc) is 2.72. The van der Waals surface area contributed by atoms with E-state index in [-0.39, 0.29) is 11.8 Å². The van der Waals surface area contributed by atoms with Crippen molar-refractivity contribution in [2.75, 3.05) is 10.6 Å². The summed E-state index contributed by atoms with van der Waals surface area (Å²) in [5, 5.41) is 8.09. The first-order valence-electron chi connectivity index (χ1n) is 7.97. The second-order valence-corrected chi connectivity index (χ2v) is 6.93. The van der Waals surface area contributed by atoms with Crippen LogP contribution in [0.25, 0.3) is 0 Å². The summed E-state index contributed by atoms with van der Waals surface area (Å²) >= 11 is 12.5. The van der Waals surface area contributed by atoms with E-state index in [4.69, 9.17) is 23.2 Å². The molecule has 1 aliphatic carbocycles. The van der Waals surface area contributed by atoms with Crippen LogP contribution in [0.5, 0.6) is 0 Å². The summed E-state index contributed by atoms with van der Waals surface area (Å²) in [5.41, 5.74) is 4.56. The lowest BCUT2D eigenvalue weighted by molar-refractivity contribution is -0.116. The maximum atomic E-state index is 12.7.